The zero-order chi connectivity index (χ0) is 20.1. The largest absolute Gasteiger partial charge is 0.455 e. The molecule has 1 heterocycles. The van der Waals surface area contributed by atoms with Gasteiger partial charge in [-0.1, -0.05) is 46.3 Å². The Labute approximate surface area is 172 Å². The number of aryl methyl sites for hydroxylation is 1. The third kappa shape index (κ3) is 5.19. The van der Waals surface area contributed by atoms with Crippen LogP contribution in [0.3, 0.4) is 0 Å². The van der Waals surface area contributed by atoms with Crippen LogP contribution in [0.5, 0.6) is 0 Å². The molecule has 1 aliphatic rings. The zero-order valence-corrected chi connectivity index (χ0v) is 17.1. The maximum Gasteiger partial charge on any atom is 0.311 e. The summed E-state index contributed by atoms with van der Waals surface area (Å²) in [5.74, 6) is -1.56. The highest BCUT2D eigenvalue weighted by atomic mass is 79.9. The fourth-order valence-electron chi connectivity index (χ4n) is 3.06. The fraction of sp³-hybridized carbons (Fsp3) is 0.286. The lowest BCUT2D eigenvalue weighted by atomic mass is 10.1. The molecular formula is C21H21BrN2O4. The van der Waals surface area contributed by atoms with Crippen molar-refractivity contribution < 1.29 is 19.1 Å². The summed E-state index contributed by atoms with van der Waals surface area (Å²) in [5.41, 5.74) is 2.62. The highest BCUT2D eigenvalue weighted by molar-refractivity contribution is 9.10. The number of nitrogens with one attached hydrogen (secondary N) is 1. The Kier molecular flexibility index (Phi) is 6.46. The van der Waals surface area contributed by atoms with E-state index in [4.69, 9.17) is 4.74 Å². The van der Waals surface area contributed by atoms with Gasteiger partial charge in [-0.15, -0.1) is 0 Å². The van der Waals surface area contributed by atoms with E-state index in [0.717, 1.165) is 15.6 Å². The molecule has 3 rings (SSSR count). The van der Waals surface area contributed by atoms with E-state index in [1.165, 1.54) is 0 Å². The average molecular weight is 445 g/mol. The number of ether oxygens (including phenoxy) is 1. The Bertz CT molecular complexity index is 885. The minimum Gasteiger partial charge on any atom is -0.455 e. The molecule has 0 spiro atoms. The summed E-state index contributed by atoms with van der Waals surface area (Å²) in [4.78, 5) is 38.1. The predicted molar refractivity (Wildman–Crippen MR) is 108 cm³/mol. The van der Waals surface area contributed by atoms with Crippen molar-refractivity contribution in [1.82, 2.24) is 4.90 Å². The molecule has 2 amide bonds. The Morgan fingerprint density at radius 1 is 1.21 bits per heavy atom. The highest BCUT2D eigenvalue weighted by Crippen LogP contribution is 2.22. The van der Waals surface area contributed by atoms with Crippen LogP contribution in [0, 0.1) is 12.8 Å². The lowest BCUT2D eigenvalue weighted by Crippen LogP contribution is -2.28. The van der Waals surface area contributed by atoms with Gasteiger partial charge in [-0.2, -0.15) is 0 Å². The molecule has 0 unspecified atom stereocenters. The summed E-state index contributed by atoms with van der Waals surface area (Å²) in [6.45, 7) is 2.31. The lowest BCUT2D eigenvalue weighted by Gasteiger charge is -2.16. The number of carbonyl (C=O) groups excluding carboxylic acids is 3. The number of hydrogen-bond acceptors (Lipinski definition) is 4. The van der Waals surface area contributed by atoms with Crippen LogP contribution in [0.25, 0.3) is 0 Å². The van der Waals surface area contributed by atoms with Crippen LogP contribution in [-0.2, 0) is 25.7 Å². The quantitative estimate of drug-likeness (QED) is 0.693. The van der Waals surface area contributed by atoms with Crippen molar-refractivity contribution in [3.63, 3.8) is 0 Å². The van der Waals surface area contributed by atoms with Gasteiger partial charge in [0.1, 0.15) is 0 Å². The number of amides is 2. The van der Waals surface area contributed by atoms with E-state index in [9.17, 15) is 14.4 Å². The maximum atomic E-state index is 12.3. The SMILES string of the molecule is Cc1cc(NC(=O)COC(=O)[C@@H]2CC(=O)N(Cc3ccccc3)C2)ccc1Br. The molecule has 1 aliphatic heterocycles. The summed E-state index contributed by atoms with van der Waals surface area (Å²) in [5, 5.41) is 2.69. The Hall–Kier alpha value is -2.67. The van der Waals surface area contributed by atoms with Crippen molar-refractivity contribution in [2.75, 3.05) is 18.5 Å². The number of carbonyl (C=O) groups is 3. The molecular weight excluding hydrogens is 424 g/mol. The Morgan fingerprint density at radius 2 is 1.96 bits per heavy atom. The van der Waals surface area contributed by atoms with Gasteiger partial charge in [0.2, 0.25) is 5.91 Å². The van der Waals surface area contributed by atoms with Crippen LogP contribution in [-0.4, -0.2) is 35.8 Å². The minimum atomic E-state index is -0.543. The summed E-state index contributed by atoms with van der Waals surface area (Å²) in [7, 11) is 0. The standard InChI is InChI=1S/C21H21BrN2O4/c1-14-9-17(7-8-18(14)22)23-19(25)13-28-21(27)16-10-20(26)24(12-16)11-15-5-3-2-4-6-15/h2-9,16H,10-13H2,1H3,(H,23,25)/t16-/m1/s1. The minimum absolute atomic E-state index is 0.0828. The molecule has 0 saturated carbocycles. The van der Waals surface area contributed by atoms with Crippen LogP contribution in [0.1, 0.15) is 17.5 Å². The third-order valence-electron chi connectivity index (χ3n) is 4.55. The highest BCUT2D eigenvalue weighted by Gasteiger charge is 2.35. The van der Waals surface area contributed by atoms with Crippen molar-refractivity contribution >= 4 is 39.4 Å². The van der Waals surface area contributed by atoms with E-state index in [1.54, 1.807) is 11.0 Å². The molecule has 0 aliphatic carbocycles. The number of benzene rings is 2. The molecule has 28 heavy (non-hydrogen) atoms. The van der Waals surface area contributed by atoms with Gasteiger partial charge in [0.05, 0.1) is 5.92 Å². The van der Waals surface area contributed by atoms with Crippen molar-refractivity contribution in [1.29, 1.82) is 0 Å². The first-order chi connectivity index (χ1) is 13.4. The van der Waals surface area contributed by atoms with Gasteiger partial charge in [0, 0.05) is 29.7 Å². The number of rotatable bonds is 6. The van der Waals surface area contributed by atoms with E-state index in [1.807, 2.05) is 49.4 Å². The third-order valence-corrected chi connectivity index (χ3v) is 5.44. The van der Waals surface area contributed by atoms with Gasteiger partial charge in [0.15, 0.2) is 6.61 Å². The van der Waals surface area contributed by atoms with Gasteiger partial charge in [-0.25, -0.2) is 0 Å². The molecule has 6 nitrogen and oxygen atoms in total. The second-order valence-electron chi connectivity index (χ2n) is 6.78. The molecule has 0 radical (unpaired) electrons. The molecule has 2 aromatic carbocycles. The Morgan fingerprint density at radius 3 is 2.68 bits per heavy atom. The number of halogens is 1. The van der Waals surface area contributed by atoms with E-state index >= 15 is 0 Å². The van der Waals surface area contributed by atoms with Crippen molar-refractivity contribution in [3.05, 3.63) is 64.1 Å². The first kappa shape index (κ1) is 20.1. The van der Waals surface area contributed by atoms with E-state index < -0.39 is 17.8 Å². The molecule has 1 N–H and O–H groups in total. The number of esters is 1. The normalized spacial score (nSPS) is 16.1. The van der Waals surface area contributed by atoms with Crippen LogP contribution in [0.4, 0.5) is 5.69 Å². The number of anilines is 1. The lowest BCUT2D eigenvalue weighted by molar-refractivity contribution is -0.151. The topological polar surface area (TPSA) is 75.7 Å². The summed E-state index contributed by atoms with van der Waals surface area (Å²) in [6, 6.07) is 15.0. The van der Waals surface area contributed by atoms with Gasteiger partial charge in [0.25, 0.3) is 5.91 Å². The van der Waals surface area contributed by atoms with Crippen molar-refractivity contribution in [2.24, 2.45) is 5.92 Å². The second-order valence-corrected chi connectivity index (χ2v) is 7.64. The van der Waals surface area contributed by atoms with Crippen molar-refractivity contribution in [3.8, 4) is 0 Å². The predicted octanol–water partition coefficient (Wildman–Crippen LogP) is 3.29. The van der Waals surface area contributed by atoms with Gasteiger partial charge >= 0.3 is 5.97 Å². The van der Waals surface area contributed by atoms with Gasteiger partial charge in [-0.05, 0) is 36.2 Å². The van der Waals surface area contributed by atoms with Gasteiger partial charge < -0.3 is 15.0 Å². The maximum absolute atomic E-state index is 12.3. The monoisotopic (exact) mass is 444 g/mol. The number of hydrogen-bond donors (Lipinski definition) is 1. The molecule has 7 heteroatoms. The molecule has 0 aromatic heterocycles. The van der Waals surface area contributed by atoms with Crippen LogP contribution in [0.15, 0.2) is 53.0 Å². The molecule has 1 atom stereocenters. The first-order valence-electron chi connectivity index (χ1n) is 8.96. The molecule has 0 bridgehead atoms. The molecule has 1 fully saturated rings. The summed E-state index contributed by atoms with van der Waals surface area (Å²) < 4.78 is 6.07. The fourth-order valence-corrected chi connectivity index (χ4v) is 3.31. The zero-order valence-electron chi connectivity index (χ0n) is 15.5. The van der Waals surface area contributed by atoms with Gasteiger partial charge in [-0.3, -0.25) is 14.4 Å². The smallest absolute Gasteiger partial charge is 0.311 e. The van der Waals surface area contributed by atoms with Crippen LogP contribution < -0.4 is 5.32 Å². The average Bonchev–Trinajstić information content (AvgIpc) is 3.04. The second kappa shape index (κ2) is 9.01. The van der Waals surface area contributed by atoms with E-state index in [2.05, 4.69) is 21.2 Å². The molecule has 2 aromatic rings. The molecule has 146 valence electrons. The number of nitrogens with zero attached hydrogens (tertiary/aromatic N) is 1. The van der Waals surface area contributed by atoms with Crippen LogP contribution >= 0.6 is 15.9 Å². The Balaban J connectivity index is 1.47. The number of likely N-dealkylation sites (tertiary alicyclic amines) is 1. The van der Waals surface area contributed by atoms with Crippen LogP contribution in [0.2, 0.25) is 0 Å². The summed E-state index contributed by atoms with van der Waals surface area (Å²) >= 11 is 3.40. The first-order valence-corrected chi connectivity index (χ1v) is 9.76. The summed E-state index contributed by atoms with van der Waals surface area (Å²) in [6.07, 6.45) is 0.110. The van der Waals surface area contributed by atoms with E-state index in [0.29, 0.717) is 18.8 Å². The van der Waals surface area contributed by atoms with Crippen molar-refractivity contribution in [2.45, 2.75) is 19.9 Å². The van der Waals surface area contributed by atoms with E-state index in [-0.39, 0.29) is 18.9 Å². The molecule has 1 saturated heterocycles.